The molecule has 1 atom stereocenters. The van der Waals surface area contributed by atoms with Crippen molar-refractivity contribution in [2.45, 2.75) is 39.5 Å². The summed E-state index contributed by atoms with van der Waals surface area (Å²) in [6.07, 6.45) is 4.26. The van der Waals surface area contributed by atoms with Crippen molar-refractivity contribution in [1.82, 2.24) is 15.3 Å². The fourth-order valence-electron chi connectivity index (χ4n) is 2.80. The fraction of sp³-hybridized carbons (Fsp3) is 0.733. The molecule has 4 heteroatoms. The maximum Gasteiger partial charge on any atom is 0.131 e. The van der Waals surface area contributed by atoms with Gasteiger partial charge in [-0.3, -0.25) is 0 Å². The predicted molar refractivity (Wildman–Crippen MR) is 76.4 cm³/mol. The van der Waals surface area contributed by atoms with Gasteiger partial charge in [0.2, 0.25) is 0 Å². The van der Waals surface area contributed by atoms with Gasteiger partial charge < -0.3 is 10.1 Å². The smallest absolute Gasteiger partial charge is 0.131 e. The maximum absolute atomic E-state index is 5.38. The summed E-state index contributed by atoms with van der Waals surface area (Å²) in [4.78, 5) is 9.37. The molecule has 1 aliphatic carbocycles. The van der Waals surface area contributed by atoms with Crippen LogP contribution in [0.1, 0.15) is 36.1 Å². The number of aromatic nitrogens is 2. The number of ether oxygens (including phenoxy) is 1. The first-order valence-electron chi connectivity index (χ1n) is 7.32. The van der Waals surface area contributed by atoms with E-state index in [0.717, 1.165) is 56.5 Å². The van der Waals surface area contributed by atoms with Gasteiger partial charge in [0, 0.05) is 24.4 Å². The van der Waals surface area contributed by atoms with Crippen molar-refractivity contribution < 1.29 is 4.74 Å². The second kappa shape index (κ2) is 6.96. The number of nitrogens with one attached hydrogen (secondary N) is 1. The summed E-state index contributed by atoms with van der Waals surface area (Å²) < 4.78 is 5.38. The van der Waals surface area contributed by atoms with Gasteiger partial charge in [0.15, 0.2) is 0 Å². The first-order valence-corrected chi connectivity index (χ1v) is 7.32. The van der Waals surface area contributed by atoms with Crippen LogP contribution in [-0.4, -0.2) is 36.8 Å². The van der Waals surface area contributed by atoms with Crippen molar-refractivity contribution >= 4 is 0 Å². The summed E-state index contributed by atoms with van der Waals surface area (Å²) >= 11 is 0. The highest BCUT2D eigenvalue weighted by molar-refractivity contribution is 5.28. The first kappa shape index (κ1) is 14.4. The third-order valence-corrected chi connectivity index (χ3v) is 3.79. The summed E-state index contributed by atoms with van der Waals surface area (Å²) in [5.41, 5.74) is 3.82. The van der Waals surface area contributed by atoms with E-state index in [2.05, 4.69) is 17.2 Å². The van der Waals surface area contributed by atoms with Crippen molar-refractivity contribution in [3.05, 3.63) is 22.8 Å². The molecule has 0 saturated heterocycles. The number of aryl methyl sites for hydroxylation is 2. The standard InChI is InChI=1S/C15H25N3O/c1-4-19-8-7-15-17-11(2)13-9-12(10-16-3)5-6-14(13)18-15/h12,16H,4-10H2,1-3H3. The minimum atomic E-state index is 0.719. The van der Waals surface area contributed by atoms with Gasteiger partial charge in [-0.1, -0.05) is 0 Å². The van der Waals surface area contributed by atoms with Crippen LogP contribution in [0.15, 0.2) is 0 Å². The zero-order chi connectivity index (χ0) is 13.7. The zero-order valence-electron chi connectivity index (χ0n) is 12.3. The molecule has 1 unspecified atom stereocenters. The summed E-state index contributed by atoms with van der Waals surface area (Å²) in [6, 6.07) is 0. The van der Waals surface area contributed by atoms with E-state index >= 15 is 0 Å². The Morgan fingerprint density at radius 3 is 2.95 bits per heavy atom. The topological polar surface area (TPSA) is 47.0 Å². The van der Waals surface area contributed by atoms with E-state index in [1.807, 2.05) is 14.0 Å². The summed E-state index contributed by atoms with van der Waals surface area (Å²) in [6.45, 7) is 6.70. The van der Waals surface area contributed by atoms with Gasteiger partial charge in [-0.15, -0.1) is 0 Å². The monoisotopic (exact) mass is 263 g/mol. The van der Waals surface area contributed by atoms with Crippen LogP contribution < -0.4 is 5.32 Å². The first-order chi connectivity index (χ1) is 9.24. The average molecular weight is 263 g/mol. The second-order valence-corrected chi connectivity index (χ2v) is 5.26. The van der Waals surface area contributed by atoms with Gasteiger partial charge in [0.05, 0.1) is 6.61 Å². The third kappa shape index (κ3) is 3.74. The highest BCUT2D eigenvalue weighted by Gasteiger charge is 2.22. The van der Waals surface area contributed by atoms with Gasteiger partial charge in [-0.05, 0) is 58.2 Å². The molecule has 1 heterocycles. The Morgan fingerprint density at radius 1 is 1.37 bits per heavy atom. The van der Waals surface area contributed by atoms with E-state index in [0.29, 0.717) is 0 Å². The molecule has 0 fully saturated rings. The van der Waals surface area contributed by atoms with E-state index in [1.54, 1.807) is 0 Å². The third-order valence-electron chi connectivity index (χ3n) is 3.79. The van der Waals surface area contributed by atoms with Gasteiger partial charge in [-0.2, -0.15) is 0 Å². The Kier molecular flexibility index (Phi) is 5.28. The Morgan fingerprint density at radius 2 is 2.21 bits per heavy atom. The summed E-state index contributed by atoms with van der Waals surface area (Å²) in [5.74, 6) is 1.67. The van der Waals surface area contributed by atoms with Crippen molar-refractivity contribution in [1.29, 1.82) is 0 Å². The van der Waals surface area contributed by atoms with Gasteiger partial charge in [0.25, 0.3) is 0 Å². The molecule has 1 N–H and O–H groups in total. The van der Waals surface area contributed by atoms with Crippen LogP contribution in [0.2, 0.25) is 0 Å². The summed E-state index contributed by atoms with van der Waals surface area (Å²) in [5, 5.41) is 3.28. The van der Waals surface area contributed by atoms with Crippen LogP contribution in [0.3, 0.4) is 0 Å². The molecule has 0 saturated carbocycles. The molecule has 0 radical (unpaired) electrons. The number of hydrogen-bond donors (Lipinski definition) is 1. The van der Waals surface area contributed by atoms with Gasteiger partial charge in [-0.25, -0.2) is 9.97 Å². The highest BCUT2D eigenvalue weighted by Crippen LogP contribution is 2.25. The van der Waals surface area contributed by atoms with E-state index in [4.69, 9.17) is 9.72 Å². The predicted octanol–water partition coefficient (Wildman–Crippen LogP) is 1.69. The molecule has 0 spiro atoms. The lowest BCUT2D eigenvalue weighted by atomic mass is 9.86. The minimum Gasteiger partial charge on any atom is -0.381 e. The van der Waals surface area contributed by atoms with E-state index < -0.39 is 0 Å². The normalized spacial score (nSPS) is 18.4. The van der Waals surface area contributed by atoms with Crippen molar-refractivity contribution in [3.63, 3.8) is 0 Å². The Balaban J connectivity index is 2.08. The van der Waals surface area contributed by atoms with Crippen LogP contribution in [0.5, 0.6) is 0 Å². The Labute approximate surface area is 116 Å². The molecule has 0 bridgehead atoms. The van der Waals surface area contributed by atoms with Crippen LogP contribution in [0.4, 0.5) is 0 Å². The van der Waals surface area contributed by atoms with Crippen molar-refractivity contribution in [3.8, 4) is 0 Å². The van der Waals surface area contributed by atoms with Crippen LogP contribution in [0, 0.1) is 12.8 Å². The number of hydrogen-bond acceptors (Lipinski definition) is 4. The number of rotatable bonds is 6. The lowest BCUT2D eigenvalue weighted by Gasteiger charge is -2.25. The second-order valence-electron chi connectivity index (χ2n) is 5.26. The molecule has 0 amide bonds. The molecular weight excluding hydrogens is 238 g/mol. The van der Waals surface area contributed by atoms with E-state index in [-0.39, 0.29) is 0 Å². The average Bonchev–Trinajstić information content (AvgIpc) is 2.40. The van der Waals surface area contributed by atoms with Crippen LogP contribution in [0.25, 0.3) is 0 Å². The molecule has 0 aliphatic heterocycles. The molecular formula is C15H25N3O. The highest BCUT2D eigenvalue weighted by atomic mass is 16.5. The largest absolute Gasteiger partial charge is 0.381 e. The molecule has 1 aliphatic rings. The molecule has 4 nitrogen and oxygen atoms in total. The quantitative estimate of drug-likeness (QED) is 0.793. The number of fused-ring (bicyclic) bond motifs is 1. The van der Waals surface area contributed by atoms with Crippen molar-refractivity contribution in [2.75, 3.05) is 26.8 Å². The van der Waals surface area contributed by atoms with Crippen LogP contribution in [-0.2, 0) is 24.0 Å². The molecule has 19 heavy (non-hydrogen) atoms. The Hall–Kier alpha value is -1.00. The molecule has 1 aromatic rings. The summed E-state index contributed by atoms with van der Waals surface area (Å²) in [7, 11) is 2.02. The lowest BCUT2D eigenvalue weighted by Crippen LogP contribution is -2.26. The van der Waals surface area contributed by atoms with Crippen molar-refractivity contribution in [2.24, 2.45) is 5.92 Å². The molecule has 0 aromatic carbocycles. The molecule has 2 rings (SSSR count). The molecule has 106 valence electrons. The van der Waals surface area contributed by atoms with Gasteiger partial charge >= 0.3 is 0 Å². The van der Waals surface area contributed by atoms with E-state index in [9.17, 15) is 0 Å². The fourth-order valence-corrected chi connectivity index (χ4v) is 2.80. The van der Waals surface area contributed by atoms with Gasteiger partial charge in [0.1, 0.15) is 5.82 Å². The number of nitrogens with zero attached hydrogens (tertiary/aromatic N) is 2. The lowest BCUT2D eigenvalue weighted by molar-refractivity contribution is 0.149. The van der Waals surface area contributed by atoms with E-state index in [1.165, 1.54) is 17.7 Å². The minimum absolute atomic E-state index is 0.719. The zero-order valence-corrected chi connectivity index (χ0v) is 12.3. The SMILES string of the molecule is CCOCCc1nc(C)c2c(n1)CCC(CNC)C2. The molecule has 1 aromatic heterocycles. The van der Waals surface area contributed by atoms with Crippen LogP contribution >= 0.6 is 0 Å². The maximum atomic E-state index is 5.38. The Bertz CT molecular complexity index is 420.